The van der Waals surface area contributed by atoms with Crippen LogP contribution in [0.15, 0.2) is 59.5 Å². The van der Waals surface area contributed by atoms with Crippen molar-refractivity contribution in [1.29, 1.82) is 0 Å². The molecule has 202 valence electrons. The summed E-state index contributed by atoms with van der Waals surface area (Å²) in [6.45, 7) is 5.70. The Kier molecular flexibility index (Phi) is 8.93. The van der Waals surface area contributed by atoms with E-state index in [0.717, 1.165) is 52.1 Å². The predicted molar refractivity (Wildman–Crippen MR) is 153 cm³/mol. The average molecular weight is 566 g/mol. The Bertz CT molecular complexity index is 1470. The smallest absolute Gasteiger partial charge is 0.339 e. The number of hydrogen-bond donors (Lipinski definition) is 1. The number of carbonyl (C=O) groups is 4. The van der Waals surface area contributed by atoms with E-state index >= 15 is 0 Å². The zero-order valence-corrected chi connectivity index (χ0v) is 23.4. The maximum atomic E-state index is 13.0. The number of anilines is 1. The van der Waals surface area contributed by atoms with E-state index in [0.29, 0.717) is 5.69 Å². The highest BCUT2D eigenvalue weighted by Crippen LogP contribution is 2.34. The van der Waals surface area contributed by atoms with Crippen molar-refractivity contribution in [3.63, 3.8) is 0 Å². The number of nitrogens with zero attached hydrogens (tertiary/aromatic N) is 2. The number of para-hydroxylation sites is 1. The second-order valence-electron chi connectivity index (χ2n) is 9.00. The van der Waals surface area contributed by atoms with Crippen LogP contribution in [0, 0.1) is 13.8 Å². The quantitative estimate of drug-likeness (QED) is 0.184. The Morgan fingerprint density at radius 1 is 1.08 bits per heavy atom. The Morgan fingerprint density at radius 2 is 1.82 bits per heavy atom. The summed E-state index contributed by atoms with van der Waals surface area (Å²) in [5.41, 5.74) is 4.13. The number of aromatic nitrogens is 1. The molecule has 1 aliphatic heterocycles. The summed E-state index contributed by atoms with van der Waals surface area (Å²) in [4.78, 5) is 51.9. The molecule has 0 aliphatic carbocycles. The van der Waals surface area contributed by atoms with Gasteiger partial charge in [-0.15, -0.1) is 0 Å². The summed E-state index contributed by atoms with van der Waals surface area (Å²) in [5, 5.41) is 2.28. The van der Waals surface area contributed by atoms with Gasteiger partial charge >= 0.3 is 5.97 Å². The van der Waals surface area contributed by atoms with Crippen LogP contribution < -0.4 is 5.32 Å². The molecule has 3 amide bonds. The molecule has 0 atom stereocenters. The molecule has 10 heteroatoms. The summed E-state index contributed by atoms with van der Waals surface area (Å²) in [6, 6.07) is 16.2. The number of esters is 1. The molecule has 8 nitrogen and oxygen atoms in total. The van der Waals surface area contributed by atoms with Crippen molar-refractivity contribution < 1.29 is 23.9 Å². The molecule has 0 saturated carbocycles. The van der Waals surface area contributed by atoms with Gasteiger partial charge in [0.25, 0.3) is 11.1 Å². The van der Waals surface area contributed by atoms with Gasteiger partial charge in [0, 0.05) is 22.8 Å². The zero-order chi connectivity index (χ0) is 28.1. The van der Waals surface area contributed by atoms with Crippen LogP contribution in [-0.2, 0) is 14.3 Å². The fourth-order valence-corrected chi connectivity index (χ4v) is 5.20. The first-order chi connectivity index (χ1) is 18.7. The molecular formula is C29H28ClN3O5S. The van der Waals surface area contributed by atoms with Crippen LogP contribution >= 0.6 is 23.4 Å². The van der Waals surface area contributed by atoms with E-state index in [-0.39, 0.29) is 22.1 Å². The SMILES string of the molecule is CCCCOC(=O)c1cc(NC(=O)CN2C(=O)S/C(=C/c3cc(C)n(-c4ccccc4)c3C)C2=O)ccc1Cl. The van der Waals surface area contributed by atoms with Crippen molar-refractivity contribution >= 4 is 58.1 Å². The molecule has 3 aromatic rings. The molecular weight excluding hydrogens is 538 g/mol. The van der Waals surface area contributed by atoms with Gasteiger partial charge in [0.1, 0.15) is 6.54 Å². The standard InChI is InChI=1S/C29H28ClN3O5S/c1-4-5-13-38-28(36)23-16-21(11-12-24(23)30)31-26(34)17-32-27(35)25(39-29(32)37)15-20-14-18(2)33(19(20)3)22-9-7-6-8-10-22/h6-12,14-16H,4-5,13,17H2,1-3H3,(H,31,34)/b25-15+. The van der Waals surface area contributed by atoms with Crippen molar-refractivity contribution in [3.8, 4) is 5.69 Å². The number of benzene rings is 2. The van der Waals surface area contributed by atoms with Gasteiger partial charge in [0.05, 0.1) is 22.1 Å². The largest absolute Gasteiger partial charge is 0.462 e. The van der Waals surface area contributed by atoms with Crippen LogP contribution in [0.1, 0.15) is 47.1 Å². The van der Waals surface area contributed by atoms with E-state index in [2.05, 4.69) is 9.88 Å². The summed E-state index contributed by atoms with van der Waals surface area (Å²) >= 11 is 6.93. The fourth-order valence-electron chi connectivity index (χ4n) is 4.18. The Balaban J connectivity index is 1.45. The van der Waals surface area contributed by atoms with Gasteiger partial charge in [-0.3, -0.25) is 19.3 Å². The molecule has 2 aromatic carbocycles. The molecule has 4 rings (SSSR count). The van der Waals surface area contributed by atoms with E-state index in [1.807, 2.05) is 57.2 Å². The van der Waals surface area contributed by atoms with Gasteiger partial charge in [-0.1, -0.05) is 43.1 Å². The van der Waals surface area contributed by atoms with Crippen LogP contribution in [0.3, 0.4) is 0 Å². The van der Waals surface area contributed by atoms with Crippen molar-refractivity contribution in [1.82, 2.24) is 9.47 Å². The lowest BCUT2D eigenvalue weighted by Gasteiger charge is -2.13. The zero-order valence-electron chi connectivity index (χ0n) is 21.8. The molecule has 1 N–H and O–H groups in total. The number of halogens is 1. The molecule has 1 aliphatic rings. The van der Waals surface area contributed by atoms with Crippen molar-refractivity contribution in [3.05, 3.63) is 87.0 Å². The van der Waals surface area contributed by atoms with Gasteiger partial charge in [-0.2, -0.15) is 0 Å². The van der Waals surface area contributed by atoms with Gasteiger partial charge in [0.2, 0.25) is 5.91 Å². The first-order valence-electron chi connectivity index (χ1n) is 12.5. The van der Waals surface area contributed by atoms with Crippen LogP contribution in [-0.4, -0.2) is 45.6 Å². The van der Waals surface area contributed by atoms with Crippen molar-refractivity contribution in [2.24, 2.45) is 0 Å². The van der Waals surface area contributed by atoms with Gasteiger partial charge in [0.15, 0.2) is 0 Å². The topological polar surface area (TPSA) is 97.7 Å². The van der Waals surface area contributed by atoms with Crippen molar-refractivity contribution in [2.45, 2.75) is 33.6 Å². The molecule has 0 spiro atoms. The number of ether oxygens (including phenoxy) is 1. The summed E-state index contributed by atoms with van der Waals surface area (Å²) < 4.78 is 7.28. The van der Waals surface area contributed by atoms with E-state index in [4.69, 9.17) is 16.3 Å². The minimum absolute atomic E-state index is 0.118. The number of thioether (sulfide) groups is 1. The molecule has 1 aromatic heterocycles. The minimum atomic E-state index is -0.591. The number of imide groups is 1. The third-order valence-electron chi connectivity index (χ3n) is 6.15. The third-order valence-corrected chi connectivity index (χ3v) is 7.38. The normalized spacial score (nSPS) is 14.3. The van der Waals surface area contributed by atoms with Crippen LogP contribution in [0.5, 0.6) is 0 Å². The molecule has 2 heterocycles. The van der Waals surface area contributed by atoms with Crippen LogP contribution in [0.2, 0.25) is 5.02 Å². The number of aryl methyl sites for hydroxylation is 1. The number of amides is 3. The number of unbranched alkanes of at least 4 members (excludes halogenated alkanes) is 1. The highest BCUT2D eigenvalue weighted by atomic mass is 35.5. The summed E-state index contributed by atoms with van der Waals surface area (Å²) in [6.07, 6.45) is 3.28. The number of carbonyl (C=O) groups excluding carboxylic acids is 4. The van der Waals surface area contributed by atoms with E-state index < -0.39 is 29.6 Å². The Labute approximate surface area is 236 Å². The number of hydrogen-bond acceptors (Lipinski definition) is 6. The maximum Gasteiger partial charge on any atom is 0.339 e. The van der Waals surface area contributed by atoms with E-state index in [1.165, 1.54) is 18.2 Å². The van der Waals surface area contributed by atoms with Gasteiger partial charge in [-0.25, -0.2) is 4.79 Å². The third kappa shape index (κ3) is 6.43. The Hall–Kier alpha value is -3.82. The highest BCUT2D eigenvalue weighted by Gasteiger charge is 2.36. The second kappa shape index (κ2) is 12.4. The monoisotopic (exact) mass is 565 g/mol. The first kappa shape index (κ1) is 28.2. The van der Waals surface area contributed by atoms with Crippen LogP contribution in [0.25, 0.3) is 11.8 Å². The summed E-state index contributed by atoms with van der Waals surface area (Å²) in [5.74, 6) is -1.72. The average Bonchev–Trinajstić information content (AvgIpc) is 3.34. The molecule has 1 fully saturated rings. The van der Waals surface area contributed by atoms with Crippen molar-refractivity contribution in [2.75, 3.05) is 18.5 Å². The van der Waals surface area contributed by atoms with Gasteiger partial charge in [-0.05, 0) is 80.1 Å². The lowest BCUT2D eigenvalue weighted by molar-refractivity contribution is -0.127. The minimum Gasteiger partial charge on any atom is -0.462 e. The molecule has 1 saturated heterocycles. The summed E-state index contributed by atoms with van der Waals surface area (Å²) in [7, 11) is 0. The fraction of sp³-hybridized carbons (Fsp3) is 0.241. The van der Waals surface area contributed by atoms with E-state index in [1.54, 1.807) is 6.08 Å². The highest BCUT2D eigenvalue weighted by molar-refractivity contribution is 8.18. The number of rotatable bonds is 9. The predicted octanol–water partition coefficient (Wildman–Crippen LogP) is 6.38. The molecule has 39 heavy (non-hydrogen) atoms. The number of nitrogens with one attached hydrogen (secondary N) is 1. The Morgan fingerprint density at radius 3 is 2.54 bits per heavy atom. The lowest BCUT2D eigenvalue weighted by Crippen LogP contribution is -2.36. The van der Waals surface area contributed by atoms with E-state index in [9.17, 15) is 19.2 Å². The second-order valence-corrected chi connectivity index (χ2v) is 10.4. The lowest BCUT2D eigenvalue weighted by atomic mass is 10.2. The van der Waals surface area contributed by atoms with Crippen LogP contribution in [0.4, 0.5) is 10.5 Å². The van der Waals surface area contributed by atoms with Gasteiger partial charge < -0.3 is 14.6 Å². The molecule has 0 unspecified atom stereocenters. The molecule has 0 bridgehead atoms. The maximum absolute atomic E-state index is 13.0. The first-order valence-corrected chi connectivity index (χ1v) is 13.6. The molecule has 0 radical (unpaired) electrons.